The van der Waals surface area contributed by atoms with Crippen LogP contribution in [0.5, 0.6) is 0 Å². The molecule has 22 heavy (non-hydrogen) atoms. The summed E-state index contributed by atoms with van der Waals surface area (Å²) in [5.74, 6) is 0.231. The fourth-order valence-electron chi connectivity index (χ4n) is 3.49. The lowest BCUT2D eigenvalue weighted by Crippen LogP contribution is -2.35. The molecule has 2 atom stereocenters. The third-order valence-corrected chi connectivity index (χ3v) is 4.78. The molecule has 2 rings (SSSR count). The van der Waals surface area contributed by atoms with Crippen LogP contribution < -0.4 is 5.32 Å². The van der Waals surface area contributed by atoms with E-state index in [9.17, 15) is 14.4 Å². The van der Waals surface area contributed by atoms with Gasteiger partial charge in [0, 0.05) is 19.5 Å². The molecule has 1 aliphatic carbocycles. The molecule has 3 amide bonds. The van der Waals surface area contributed by atoms with Crippen LogP contribution in [0, 0.1) is 17.8 Å². The maximum absolute atomic E-state index is 12.3. The molecular formula is C17H28N2O3. The van der Waals surface area contributed by atoms with Crippen LogP contribution in [0.2, 0.25) is 0 Å². The lowest BCUT2D eigenvalue weighted by molar-refractivity contribution is -0.140. The maximum Gasteiger partial charge on any atom is 0.233 e. The highest BCUT2D eigenvalue weighted by atomic mass is 16.2. The summed E-state index contributed by atoms with van der Waals surface area (Å²) >= 11 is 0. The minimum absolute atomic E-state index is 0.0534. The molecule has 0 aromatic heterocycles. The third-order valence-electron chi connectivity index (χ3n) is 4.78. The third kappa shape index (κ3) is 4.08. The summed E-state index contributed by atoms with van der Waals surface area (Å²) in [4.78, 5) is 37.7. The Morgan fingerprint density at radius 2 is 1.77 bits per heavy atom. The fraction of sp³-hybridized carbons (Fsp3) is 0.824. The summed E-state index contributed by atoms with van der Waals surface area (Å²) in [6.45, 7) is 5.22. The van der Waals surface area contributed by atoms with Crippen molar-refractivity contribution in [3.8, 4) is 0 Å². The van der Waals surface area contributed by atoms with E-state index in [1.807, 2.05) is 0 Å². The molecule has 1 saturated carbocycles. The molecule has 1 heterocycles. The van der Waals surface area contributed by atoms with E-state index in [0.717, 1.165) is 38.5 Å². The Balaban J connectivity index is 1.73. The van der Waals surface area contributed by atoms with Crippen molar-refractivity contribution in [1.29, 1.82) is 0 Å². The van der Waals surface area contributed by atoms with Crippen molar-refractivity contribution in [2.45, 2.75) is 58.8 Å². The number of nitrogens with one attached hydrogen (secondary N) is 1. The molecule has 0 spiro atoms. The van der Waals surface area contributed by atoms with Gasteiger partial charge >= 0.3 is 0 Å². The Morgan fingerprint density at radius 1 is 1.18 bits per heavy atom. The van der Waals surface area contributed by atoms with Gasteiger partial charge in [-0.05, 0) is 31.6 Å². The summed E-state index contributed by atoms with van der Waals surface area (Å²) in [6, 6.07) is 0. The average Bonchev–Trinajstić information content (AvgIpc) is 2.74. The highest BCUT2D eigenvalue weighted by molar-refractivity contribution is 6.05. The molecule has 0 aromatic rings. The number of amides is 3. The van der Waals surface area contributed by atoms with E-state index in [4.69, 9.17) is 0 Å². The Hall–Kier alpha value is -1.39. The van der Waals surface area contributed by atoms with E-state index in [0.29, 0.717) is 12.5 Å². The van der Waals surface area contributed by atoms with Gasteiger partial charge in [-0.25, -0.2) is 0 Å². The predicted molar refractivity (Wildman–Crippen MR) is 83.9 cm³/mol. The fourth-order valence-corrected chi connectivity index (χ4v) is 3.49. The lowest BCUT2D eigenvalue weighted by atomic mass is 9.81. The van der Waals surface area contributed by atoms with E-state index in [1.54, 1.807) is 0 Å². The number of rotatable bonds is 7. The number of hydrogen-bond donors (Lipinski definition) is 1. The second-order valence-corrected chi connectivity index (χ2v) is 6.96. The Kier molecular flexibility index (Phi) is 5.98. The molecule has 1 saturated heterocycles. The molecule has 0 aromatic carbocycles. The molecule has 2 unspecified atom stereocenters. The van der Waals surface area contributed by atoms with Crippen LogP contribution in [-0.4, -0.2) is 35.7 Å². The molecule has 1 aliphatic heterocycles. The zero-order valence-corrected chi connectivity index (χ0v) is 13.8. The second kappa shape index (κ2) is 7.75. The number of hydrogen-bond acceptors (Lipinski definition) is 3. The predicted octanol–water partition coefficient (Wildman–Crippen LogP) is 2.10. The highest BCUT2D eigenvalue weighted by Crippen LogP contribution is 2.37. The quantitative estimate of drug-likeness (QED) is 0.578. The molecule has 5 heteroatoms. The van der Waals surface area contributed by atoms with Crippen LogP contribution in [0.15, 0.2) is 0 Å². The summed E-state index contributed by atoms with van der Waals surface area (Å²) < 4.78 is 0. The van der Waals surface area contributed by atoms with Gasteiger partial charge in [-0.2, -0.15) is 0 Å². The summed E-state index contributed by atoms with van der Waals surface area (Å²) in [6.07, 6.45) is 6.00. The van der Waals surface area contributed by atoms with E-state index in [1.165, 1.54) is 4.90 Å². The standard InChI is InChI=1S/C17H28N2O3/c1-12(2)6-5-10-18-15(20)9-11-19-16(21)13-7-3-4-8-14(13)17(19)22/h12-14H,3-11H2,1-2H3,(H,18,20). The average molecular weight is 308 g/mol. The first-order valence-electron chi connectivity index (χ1n) is 8.62. The first-order chi connectivity index (χ1) is 10.5. The zero-order valence-electron chi connectivity index (χ0n) is 13.8. The molecular weight excluding hydrogens is 280 g/mol. The largest absolute Gasteiger partial charge is 0.356 e. The SMILES string of the molecule is CC(C)CCCNC(=O)CCN1C(=O)C2CCCCC2C1=O. The number of likely N-dealkylation sites (tertiary alicyclic amines) is 1. The van der Waals surface area contributed by atoms with Crippen molar-refractivity contribution < 1.29 is 14.4 Å². The maximum atomic E-state index is 12.3. The summed E-state index contributed by atoms with van der Waals surface area (Å²) in [7, 11) is 0. The lowest BCUT2D eigenvalue weighted by Gasteiger charge is -2.19. The van der Waals surface area contributed by atoms with Crippen molar-refractivity contribution in [2.24, 2.45) is 17.8 Å². The van der Waals surface area contributed by atoms with Gasteiger partial charge < -0.3 is 5.32 Å². The molecule has 1 N–H and O–H groups in total. The van der Waals surface area contributed by atoms with Crippen LogP contribution in [-0.2, 0) is 14.4 Å². The van der Waals surface area contributed by atoms with Crippen LogP contribution in [0.25, 0.3) is 0 Å². The zero-order chi connectivity index (χ0) is 16.1. The van der Waals surface area contributed by atoms with Gasteiger partial charge in [-0.1, -0.05) is 26.7 Å². The van der Waals surface area contributed by atoms with E-state index < -0.39 is 0 Å². The second-order valence-electron chi connectivity index (χ2n) is 6.96. The summed E-state index contributed by atoms with van der Waals surface area (Å²) in [5.41, 5.74) is 0. The van der Waals surface area contributed by atoms with Crippen molar-refractivity contribution in [3.05, 3.63) is 0 Å². The highest BCUT2D eigenvalue weighted by Gasteiger charge is 2.47. The summed E-state index contributed by atoms with van der Waals surface area (Å²) in [5, 5.41) is 2.87. The smallest absolute Gasteiger partial charge is 0.233 e. The van der Waals surface area contributed by atoms with Gasteiger partial charge in [0.05, 0.1) is 11.8 Å². The molecule has 124 valence electrons. The van der Waals surface area contributed by atoms with Crippen LogP contribution in [0.1, 0.15) is 58.8 Å². The van der Waals surface area contributed by atoms with E-state index >= 15 is 0 Å². The van der Waals surface area contributed by atoms with Gasteiger partial charge in [0.25, 0.3) is 0 Å². The van der Waals surface area contributed by atoms with Crippen LogP contribution in [0.3, 0.4) is 0 Å². The minimum atomic E-state index is -0.115. The van der Waals surface area contributed by atoms with Gasteiger partial charge in [0.15, 0.2) is 0 Å². The Morgan fingerprint density at radius 3 is 2.32 bits per heavy atom. The number of carbonyl (C=O) groups excluding carboxylic acids is 3. The van der Waals surface area contributed by atoms with E-state index in [-0.39, 0.29) is 42.5 Å². The Labute approximate surface area is 132 Å². The van der Waals surface area contributed by atoms with Crippen molar-refractivity contribution in [3.63, 3.8) is 0 Å². The molecule has 2 aliphatic rings. The van der Waals surface area contributed by atoms with Gasteiger partial charge in [0.2, 0.25) is 17.7 Å². The Bertz CT molecular complexity index is 410. The van der Waals surface area contributed by atoms with Crippen molar-refractivity contribution in [1.82, 2.24) is 10.2 Å². The number of imide groups is 1. The topological polar surface area (TPSA) is 66.5 Å². The molecule has 5 nitrogen and oxygen atoms in total. The first-order valence-corrected chi connectivity index (χ1v) is 8.62. The van der Waals surface area contributed by atoms with Gasteiger partial charge in [0.1, 0.15) is 0 Å². The first kappa shape index (κ1) is 17.0. The van der Waals surface area contributed by atoms with E-state index in [2.05, 4.69) is 19.2 Å². The molecule has 0 radical (unpaired) electrons. The number of nitrogens with zero attached hydrogens (tertiary/aromatic N) is 1. The number of fused-ring (bicyclic) bond motifs is 1. The molecule has 2 fully saturated rings. The van der Waals surface area contributed by atoms with Gasteiger partial charge in [-0.3, -0.25) is 19.3 Å². The monoisotopic (exact) mass is 308 g/mol. The van der Waals surface area contributed by atoms with Crippen LogP contribution in [0.4, 0.5) is 0 Å². The van der Waals surface area contributed by atoms with Crippen LogP contribution >= 0.6 is 0 Å². The molecule has 0 bridgehead atoms. The van der Waals surface area contributed by atoms with Crippen molar-refractivity contribution in [2.75, 3.05) is 13.1 Å². The van der Waals surface area contributed by atoms with Crippen molar-refractivity contribution >= 4 is 17.7 Å². The van der Waals surface area contributed by atoms with Gasteiger partial charge in [-0.15, -0.1) is 0 Å². The normalized spacial score (nSPS) is 24.8. The number of carbonyl (C=O) groups is 3. The minimum Gasteiger partial charge on any atom is -0.356 e.